The molecule has 1 rings (SSSR count). The summed E-state index contributed by atoms with van der Waals surface area (Å²) in [6, 6.07) is 0. The number of halogens is 1. The molecule has 0 bridgehead atoms. The minimum absolute atomic E-state index is 0.283. The minimum atomic E-state index is -3.55. The zero-order valence-electron chi connectivity index (χ0n) is 6.15. The maximum atomic E-state index is 11.0. The van der Waals surface area contributed by atoms with Gasteiger partial charge in [0.1, 0.15) is 0 Å². The van der Waals surface area contributed by atoms with Gasteiger partial charge in [0.05, 0.1) is 17.4 Å². The molecule has 0 unspecified atom stereocenters. The van der Waals surface area contributed by atoms with E-state index >= 15 is 0 Å². The summed E-state index contributed by atoms with van der Waals surface area (Å²) in [4.78, 5) is 7.05. The molecule has 5 nitrogen and oxygen atoms in total. The van der Waals surface area contributed by atoms with Crippen LogP contribution in [0.1, 0.15) is 0 Å². The maximum absolute atomic E-state index is 11.0. The molecule has 0 fully saturated rings. The summed E-state index contributed by atoms with van der Waals surface area (Å²) >= 11 is 5.46. The minimum Gasteiger partial charge on any atom is -0.224 e. The fourth-order valence-electron chi connectivity index (χ4n) is 0.530. The van der Waals surface area contributed by atoms with Gasteiger partial charge >= 0.3 is 0 Å². The van der Waals surface area contributed by atoms with Crippen LogP contribution in [0.4, 0.5) is 0 Å². The Morgan fingerprint density at radius 1 is 1.42 bits per heavy atom. The Morgan fingerprint density at radius 2 is 1.92 bits per heavy atom. The van der Waals surface area contributed by atoms with Gasteiger partial charge in [-0.2, -0.15) is 0 Å². The average Bonchev–Trinajstić information content (AvgIpc) is 2.05. The number of hydrogen-bond donors (Lipinski definition) is 1. The van der Waals surface area contributed by atoms with Crippen molar-refractivity contribution < 1.29 is 8.42 Å². The molecule has 1 N–H and O–H groups in total. The van der Waals surface area contributed by atoms with Gasteiger partial charge in [0.2, 0.25) is 0 Å². The molecule has 0 amide bonds. The van der Waals surface area contributed by atoms with Crippen LogP contribution in [0.5, 0.6) is 0 Å². The number of nitrogens with zero attached hydrogens (tertiary/aromatic N) is 2. The fraction of sp³-hybridized carbons (Fsp3) is 0.200. The number of nitrogens with one attached hydrogen (secondary N) is 1. The Hall–Kier alpha value is -0.720. The van der Waals surface area contributed by atoms with Crippen molar-refractivity contribution in [3.63, 3.8) is 0 Å². The summed E-state index contributed by atoms with van der Waals surface area (Å²) in [5, 5.41) is 0.0134. The first-order valence-electron chi connectivity index (χ1n) is 2.97. The number of hydrogen-bond acceptors (Lipinski definition) is 4. The van der Waals surface area contributed by atoms with E-state index in [2.05, 4.69) is 14.7 Å². The van der Waals surface area contributed by atoms with E-state index in [0.29, 0.717) is 5.02 Å². The molecule has 0 saturated carbocycles. The first-order chi connectivity index (χ1) is 5.56. The fourth-order valence-corrected chi connectivity index (χ4v) is 1.19. The van der Waals surface area contributed by atoms with Crippen molar-refractivity contribution in [2.75, 3.05) is 7.05 Å². The molecule has 7 heteroatoms. The zero-order chi connectivity index (χ0) is 9.19. The van der Waals surface area contributed by atoms with Crippen LogP contribution in [-0.2, 0) is 10.0 Å². The van der Waals surface area contributed by atoms with Crippen molar-refractivity contribution >= 4 is 21.6 Å². The molecule has 0 atom stereocenters. The summed E-state index contributed by atoms with van der Waals surface area (Å²) in [6.45, 7) is 0. The van der Waals surface area contributed by atoms with Gasteiger partial charge in [-0.1, -0.05) is 11.6 Å². The van der Waals surface area contributed by atoms with E-state index in [1.165, 1.54) is 19.4 Å². The summed E-state index contributed by atoms with van der Waals surface area (Å²) in [5.74, 6) is 0. The van der Waals surface area contributed by atoms with Crippen molar-refractivity contribution in [3.05, 3.63) is 17.4 Å². The van der Waals surface area contributed by atoms with Crippen molar-refractivity contribution in [2.24, 2.45) is 0 Å². The summed E-state index contributed by atoms with van der Waals surface area (Å²) < 4.78 is 24.1. The SMILES string of the molecule is CNS(=O)(=O)c1ncc(Cl)cn1. The lowest BCUT2D eigenvalue weighted by Crippen LogP contribution is -2.20. The molecule has 1 aromatic rings. The molecule has 1 heterocycles. The summed E-state index contributed by atoms with van der Waals surface area (Å²) in [5.41, 5.74) is 0. The molecule has 0 aromatic carbocycles. The van der Waals surface area contributed by atoms with Crippen LogP contribution in [0.2, 0.25) is 5.02 Å². The van der Waals surface area contributed by atoms with Crippen LogP contribution in [0.25, 0.3) is 0 Å². The van der Waals surface area contributed by atoms with Crippen LogP contribution in [0.15, 0.2) is 17.6 Å². The third-order valence-electron chi connectivity index (χ3n) is 1.11. The van der Waals surface area contributed by atoms with Crippen molar-refractivity contribution in [3.8, 4) is 0 Å². The smallest absolute Gasteiger partial charge is 0.224 e. The summed E-state index contributed by atoms with van der Waals surface area (Å²) in [7, 11) is -2.26. The molecule has 0 saturated heterocycles. The van der Waals surface area contributed by atoms with E-state index in [0.717, 1.165) is 0 Å². The normalized spacial score (nSPS) is 11.5. The van der Waals surface area contributed by atoms with E-state index < -0.39 is 10.0 Å². The predicted molar refractivity (Wildman–Crippen MR) is 43.3 cm³/mol. The second-order valence-corrected chi connectivity index (χ2v) is 4.11. The highest BCUT2D eigenvalue weighted by Crippen LogP contribution is 2.05. The molecule has 0 aliphatic rings. The van der Waals surface area contributed by atoms with E-state index in [4.69, 9.17) is 11.6 Å². The molecule has 1 aromatic heterocycles. The van der Waals surface area contributed by atoms with E-state index in [-0.39, 0.29) is 5.16 Å². The second kappa shape index (κ2) is 3.34. The Labute approximate surface area is 74.8 Å². The average molecular weight is 208 g/mol. The third-order valence-corrected chi connectivity index (χ3v) is 2.53. The third kappa shape index (κ3) is 1.90. The van der Waals surface area contributed by atoms with Gasteiger partial charge in [-0.3, -0.25) is 0 Å². The highest BCUT2D eigenvalue weighted by molar-refractivity contribution is 7.89. The number of aromatic nitrogens is 2. The van der Waals surface area contributed by atoms with Gasteiger partial charge in [-0.05, 0) is 7.05 Å². The highest BCUT2D eigenvalue weighted by atomic mass is 35.5. The van der Waals surface area contributed by atoms with Crippen LogP contribution >= 0.6 is 11.6 Å². The Morgan fingerprint density at radius 3 is 2.33 bits per heavy atom. The topological polar surface area (TPSA) is 72.0 Å². The van der Waals surface area contributed by atoms with Crippen LogP contribution in [-0.4, -0.2) is 25.4 Å². The van der Waals surface area contributed by atoms with Crippen LogP contribution in [0, 0.1) is 0 Å². The lowest BCUT2D eigenvalue weighted by Gasteiger charge is -1.98. The monoisotopic (exact) mass is 207 g/mol. The second-order valence-electron chi connectivity index (χ2n) is 1.89. The molecule has 0 aliphatic heterocycles. The molecule has 0 aliphatic carbocycles. The Kier molecular flexibility index (Phi) is 2.61. The predicted octanol–water partition coefficient (Wildman–Crippen LogP) is 0.0381. The van der Waals surface area contributed by atoms with Crippen molar-refractivity contribution in [1.29, 1.82) is 0 Å². The molecule has 12 heavy (non-hydrogen) atoms. The quantitative estimate of drug-likeness (QED) is 0.695. The maximum Gasteiger partial charge on any atom is 0.276 e. The molecular formula is C5H6ClN3O2S. The van der Waals surface area contributed by atoms with Gasteiger partial charge in [-0.25, -0.2) is 23.1 Å². The molecule has 66 valence electrons. The first kappa shape index (κ1) is 9.37. The van der Waals surface area contributed by atoms with Crippen LogP contribution in [0.3, 0.4) is 0 Å². The molecular weight excluding hydrogens is 202 g/mol. The Bertz CT molecular complexity index is 361. The Balaban J connectivity index is 3.14. The van der Waals surface area contributed by atoms with E-state index in [9.17, 15) is 8.42 Å². The lowest BCUT2D eigenvalue weighted by atomic mass is 10.7. The number of sulfonamides is 1. The first-order valence-corrected chi connectivity index (χ1v) is 4.83. The van der Waals surface area contributed by atoms with Gasteiger partial charge < -0.3 is 0 Å². The van der Waals surface area contributed by atoms with Crippen molar-refractivity contribution in [2.45, 2.75) is 5.16 Å². The standard InChI is InChI=1S/C5H6ClN3O2S/c1-7-12(10,11)5-8-2-4(6)3-9-5/h2-3,7H,1H3. The summed E-state index contributed by atoms with van der Waals surface area (Å²) in [6.07, 6.45) is 2.44. The zero-order valence-corrected chi connectivity index (χ0v) is 7.72. The number of rotatable bonds is 2. The van der Waals surface area contributed by atoms with Gasteiger partial charge in [0, 0.05) is 0 Å². The van der Waals surface area contributed by atoms with Crippen LogP contribution < -0.4 is 4.72 Å². The highest BCUT2D eigenvalue weighted by Gasteiger charge is 2.13. The van der Waals surface area contributed by atoms with E-state index in [1.807, 2.05) is 0 Å². The van der Waals surface area contributed by atoms with Gasteiger partial charge in [0.15, 0.2) is 0 Å². The van der Waals surface area contributed by atoms with Crippen molar-refractivity contribution in [1.82, 2.24) is 14.7 Å². The van der Waals surface area contributed by atoms with E-state index in [1.54, 1.807) is 0 Å². The lowest BCUT2D eigenvalue weighted by molar-refractivity contribution is 0.579. The van der Waals surface area contributed by atoms with Gasteiger partial charge in [-0.15, -0.1) is 0 Å². The largest absolute Gasteiger partial charge is 0.276 e. The molecule has 0 spiro atoms. The molecule has 0 radical (unpaired) electrons. The van der Waals surface area contributed by atoms with Gasteiger partial charge in [0.25, 0.3) is 15.2 Å².